The van der Waals surface area contributed by atoms with Crippen molar-refractivity contribution in [2.75, 3.05) is 12.3 Å². The monoisotopic (exact) mass is 289 g/mol. The maximum atomic E-state index is 11.9. The minimum absolute atomic E-state index is 0.0512. The number of nitrogens with one attached hydrogen (secondary N) is 1. The van der Waals surface area contributed by atoms with Gasteiger partial charge in [0.05, 0.1) is 5.02 Å². The lowest BCUT2D eigenvalue weighted by Gasteiger charge is -2.25. The Hall–Kier alpha value is -0.850. The Kier molecular flexibility index (Phi) is 4.09. The first kappa shape index (κ1) is 13.6. The standard InChI is InChI=1S/C11H16ClN3O2S/c12-10-6-9(7-14-11(10)13)18(16,17)15-5-4-8-2-1-3-8/h6-8,15H,1-5H2,(H2,13,14). The van der Waals surface area contributed by atoms with Crippen LogP contribution in [0.5, 0.6) is 0 Å². The summed E-state index contributed by atoms with van der Waals surface area (Å²) in [5.74, 6) is 0.797. The van der Waals surface area contributed by atoms with Crippen LogP contribution in [0, 0.1) is 5.92 Å². The number of nitrogens with two attached hydrogens (primary N) is 1. The van der Waals surface area contributed by atoms with E-state index >= 15 is 0 Å². The lowest BCUT2D eigenvalue weighted by molar-refractivity contribution is 0.297. The van der Waals surface area contributed by atoms with Gasteiger partial charge in [-0.25, -0.2) is 18.1 Å². The summed E-state index contributed by atoms with van der Waals surface area (Å²) in [7, 11) is -3.53. The first-order chi connectivity index (χ1) is 8.49. The average molecular weight is 290 g/mol. The van der Waals surface area contributed by atoms with E-state index in [0.717, 1.165) is 6.42 Å². The zero-order chi connectivity index (χ0) is 13.2. The molecule has 18 heavy (non-hydrogen) atoms. The highest BCUT2D eigenvalue weighted by molar-refractivity contribution is 7.89. The molecule has 1 aliphatic rings. The molecule has 0 aliphatic heterocycles. The van der Waals surface area contributed by atoms with Gasteiger partial charge in [0.1, 0.15) is 10.7 Å². The van der Waals surface area contributed by atoms with Crippen molar-refractivity contribution < 1.29 is 8.42 Å². The molecule has 7 heteroatoms. The van der Waals surface area contributed by atoms with Gasteiger partial charge in [-0.05, 0) is 18.4 Å². The number of hydrogen-bond acceptors (Lipinski definition) is 4. The lowest BCUT2D eigenvalue weighted by Crippen LogP contribution is -2.27. The molecular weight excluding hydrogens is 274 g/mol. The van der Waals surface area contributed by atoms with Crippen LogP contribution in [0.2, 0.25) is 5.02 Å². The van der Waals surface area contributed by atoms with Gasteiger partial charge in [-0.15, -0.1) is 0 Å². The van der Waals surface area contributed by atoms with Crippen molar-refractivity contribution in [1.82, 2.24) is 9.71 Å². The summed E-state index contributed by atoms with van der Waals surface area (Å²) in [4.78, 5) is 3.79. The largest absolute Gasteiger partial charge is 0.382 e. The molecule has 0 radical (unpaired) electrons. The highest BCUT2D eigenvalue weighted by Gasteiger charge is 2.19. The van der Waals surface area contributed by atoms with Crippen molar-refractivity contribution >= 4 is 27.4 Å². The summed E-state index contributed by atoms with van der Waals surface area (Å²) in [6, 6.07) is 1.32. The van der Waals surface area contributed by atoms with Crippen LogP contribution in [0.25, 0.3) is 0 Å². The molecule has 3 N–H and O–H groups in total. The van der Waals surface area contributed by atoms with E-state index in [4.69, 9.17) is 17.3 Å². The topological polar surface area (TPSA) is 85.1 Å². The van der Waals surface area contributed by atoms with Crippen molar-refractivity contribution in [3.63, 3.8) is 0 Å². The van der Waals surface area contributed by atoms with E-state index in [1.54, 1.807) is 0 Å². The molecule has 2 rings (SSSR count). The van der Waals surface area contributed by atoms with E-state index in [0.29, 0.717) is 12.5 Å². The van der Waals surface area contributed by atoms with E-state index in [-0.39, 0.29) is 15.7 Å². The smallest absolute Gasteiger partial charge is 0.242 e. The number of hydrogen-bond donors (Lipinski definition) is 2. The van der Waals surface area contributed by atoms with Gasteiger partial charge in [0, 0.05) is 12.7 Å². The molecule has 0 bridgehead atoms. The molecule has 5 nitrogen and oxygen atoms in total. The Morgan fingerprint density at radius 3 is 2.78 bits per heavy atom. The van der Waals surface area contributed by atoms with Crippen molar-refractivity contribution in [2.24, 2.45) is 5.92 Å². The van der Waals surface area contributed by atoms with Gasteiger partial charge >= 0.3 is 0 Å². The summed E-state index contributed by atoms with van der Waals surface area (Å²) >= 11 is 5.76. The molecule has 1 saturated carbocycles. The van der Waals surface area contributed by atoms with Crippen LogP contribution >= 0.6 is 11.6 Å². The predicted molar refractivity (Wildman–Crippen MR) is 70.8 cm³/mol. The normalized spacial score (nSPS) is 16.5. The summed E-state index contributed by atoms with van der Waals surface area (Å²) < 4.78 is 26.4. The van der Waals surface area contributed by atoms with E-state index < -0.39 is 10.0 Å². The van der Waals surface area contributed by atoms with E-state index in [1.165, 1.54) is 31.5 Å². The van der Waals surface area contributed by atoms with Gasteiger partial charge in [-0.3, -0.25) is 0 Å². The number of nitrogen functional groups attached to an aromatic ring is 1. The van der Waals surface area contributed by atoms with Crippen molar-refractivity contribution in [3.8, 4) is 0 Å². The van der Waals surface area contributed by atoms with Crippen LogP contribution in [0.1, 0.15) is 25.7 Å². The number of sulfonamides is 1. The van der Waals surface area contributed by atoms with Crippen molar-refractivity contribution in [1.29, 1.82) is 0 Å². The lowest BCUT2D eigenvalue weighted by atomic mass is 9.83. The molecule has 1 aliphatic carbocycles. The molecule has 0 unspecified atom stereocenters. The Bertz CT molecular complexity index is 529. The van der Waals surface area contributed by atoms with Crippen LogP contribution in [0.4, 0.5) is 5.82 Å². The van der Waals surface area contributed by atoms with Gasteiger partial charge < -0.3 is 5.73 Å². The van der Waals surface area contributed by atoms with Crippen molar-refractivity contribution in [2.45, 2.75) is 30.6 Å². The van der Waals surface area contributed by atoms with Gasteiger partial charge in [-0.2, -0.15) is 0 Å². The number of halogens is 1. The Balaban J connectivity index is 1.98. The number of pyridine rings is 1. The maximum Gasteiger partial charge on any atom is 0.242 e. The summed E-state index contributed by atoms with van der Waals surface area (Å²) in [6.45, 7) is 0.453. The molecular formula is C11H16ClN3O2S. The van der Waals surface area contributed by atoms with E-state index in [9.17, 15) is 8.42 Å². The summed E-state index contributed by atoms with van der Waals surface area (Å²) in [6.07, 6.45) is 5.77. The molecule has 100 valence electrons. The van der Waals surface area contributed by atoms with Gasteiger partial charge in [0.2, 0.25) is 10.0 Å². The minimum Gasteiger partial charge on any atom is -0.382 e. The number of aromatic nitrogens is 1. The Morgan fingerprint density at radius 1 is 1.50 bits per heavy atom. The fourth-order valence-corrected chi connectivity index (χ4v) is 3.09. The minimum atomic E-state index is -3.53. The first-order valence-electron chi connectivity index (χ1n) is 5.90. The summed E-state index contributed by atoms with van der Waals surface area (Å²) in [5.41, 5.74) is 5.44. The van der Waals surface area contributed by atoms with E-state index in [2.05, 4.69) is 9.71 Å². The molecule has 0 saturated heterocycles. The maximum absolute atomic E-state index is 11.9. The SMILES string of the molecule is Nc1ncc(S(=O)(=O)NCCC2CCC2)cc1Cl. The third-order valence-corrected chi connectivity index (χ3v) is 4.96. The second-order valence-electron chi connectivity index (χ2n) is 4.52. The van der Waals surface area contributed by atoms with E-state index in [1.807, 2.05) is 0 Å². The van der Waals surface area contributed by atoms with Crippen molar-refractivity contribution in [3.05, 3.63) is 17.3 Å². The third-order valence-electron chi connectivity index (χ3n) is 3.22. The van der Waals surface area contributed by atoms with Gasteiger partial charge in [0.15, 0.2) is 0 Å². The zero-order valence-corrected chi connectivity index (χ0v) is 11.5. The summed E-state index contributed by atoms with van der Waals surface area (Å²) in [5, 5.41) is 0.150. The second kappa shape index (κ2) is 5.42. The number of anilines is 1. The molecule has 0 aromatic carbocycles. The highest BCUT2D eigenvalue weighted by Crippen LogP contribution is 2.29. The van der Waals surface area contributed by atoms with Gasteiger partial charge in [-0.1, -0.05) is 30.9 Å². The Morgan fingerprint density at radius 2 is 2.22 bits per heavy atom. The molecule has 1 heterocycles. The molecule has 0 atom stereocenters. The quantitative estimate of drug-likeness (QED) is 0.865. The first-order valence-corrected chi connectivity index (χ1v) is 7.76. The van der Waals surface area contributed by atoms with Crippen LogP contribution in [-0.2, 0) is 10.0 Å². The average Bonchev–Trinajstić information content (AvgIpc) is 2.25. The van der Waals surface area contributed by atoms with Crippen LogP contribution in [0.15, 0.2) is 17.2 Å². The van der Waals surface area contributed by atoms with Gasteiger partial charge in [0.25, 0.3) is 0 Å². The molecule has 0 amide bonds. The molecule has 1 aromatic rings. The number of rotatable bonds is 5. The third kappa shape index (κ3) is 3.13. The predicted octanol–water partition coefficient (Wildman–Crippen LogP) is 1.79. The Labute approximate surface area is 112 Å². The second-order valence-corrected chi connectivity index (χ2v) is 6.70. The molecule has 0 spiro atoms. The number of nitrogens with zero attached hydrogens (tertiary/aromatic N) is 1. The van der Waals surface area contributed by atoms with Crippen LogP contribution in [-0.4, -0.2) is 19.9 Å². The molecule has 1 fully saturated rings. The van der Waals surface area contributed by atoms with Crippen LogP contribution < -0.4 is 10.5 Å². The zero-order valence-electron chi connectivity index (χ0n) is 9.89. The fourth-order valence-electron chi connectivity index (χ4n) is 1.84. The fraction of sp³-hybridized carbons (Fsp3) is 0.545. The highest BCUT2D eigenvalue weighted by atomic mass is 35.5. The van der Waals surface area contributed by atoms with Crippen LogP contribution in [0.3, 0.4) is 0 Å². The molecule has 1 aromatic heterocycles.